The lowest BCUT2D eigenvalue weighted by atomic mass is 10.0. The first-order valence-corrected chi connectivity index (χ1v) is 9.60. The van der Waals surface area contributed by atoms with Crippen molar-refractivity contribution >= 4 is 15.9 Å². The standard InChI is InChI=1S/C18H21FN2O5S/c1-12(2)17(18(23)20-24)21(11-13-6-4-3-5-7-13)27(25,26)14-8-9-16(22)15(19)10-14/h3-10,12,17,22,24H,11H2,1-2H3,(H,20,23)/t17-/m0/s1. The molecular weight excluding hydrogens is 375 g/mol. The van der Waals surface area contributed by atoms with Crippen LogP contribution in [0.1, 0.15) is 19.4 Å². The van der Waals surface area contributed by atoms with E-state index in [9.17, 15) is 22.7 Å². The number of aromatic hydroxyl groups is 1. The molecule has 0 aliphatic carbocycles. The summed E-state index contributed by atoms with van der Waals surface area (Å²) in [5.41, 5.74) is 2.11. The van der Waals surface area contributed by atoms with Gasteiger partial charge in [0, 0.05) is 6.54 Å². The maximum Gasteiger partial charge on any atom is 0.262 e. The van der Waals surface area contributed by atoms with E-state index in [0.29, 0.717) is 11.6 Å². The Morgan fingerprint density at radius 2 is 1.81 bits per heavy atom. The molecule has 146 valence electrons. The summed E-state index contributed by atoms with van der Waals surface area (Å²) < 4.78 is 41.0. The monoisotopic (exact) mass is 396 g/mol. The van der Waals surface area contributed by atoms with E-state index in [1.54, 1.807) is 44.2 Å². The Morgan fingerprint density at radius 1 is 1.19 bits per heavy atom. The second-order valence-electron chi connectivity index (χ2n) is 6.31. The van der Waals surface area contributed by atoms with Crippen molar-refractivity contribution in [3.8, 4) is 5.75 Å². The molecule has 0 unspecified atom stereocenters. The van der Waals surface area contributed by atoms with Crippen LogP contribution in [0.3, 0.4) is 0 Å². The van der Waals surface area contributed by atoms with E-state index in [-0.39, 0.29) is 6.54 Å². The van der Waals surface area contributed by atoms with Gasteiger partial charge in [0.2, 0.25) is 10.0 Å². The van der Waals surface area contributed by atoms with Crippen LogP contribution in [0.25, 0.3) is 0 Å². The number of nitrogens with one attached hydrogen (secondary N) is 1. The van der Waals surface area contributed by atoms with Crippen LogP contribution in [-0.2, 0) is 21.4 Å². The number of rotatable bonds is 7. The lowest BCUT2D eigenvalue weighted by Gasteiger charge is -2.32. The number of nitrogens with zero attached hydrogens (tertiary/aromatic N) is 1. The van der Waals surface area contributed by atoms with Gasteiger partial charge in [0.05, 0.1) is 4.90 Å². The zero-order valence-electron chi connectivity index (χ0n) is 14.8. The third-order valence-corrected chi connectivity index (χ3v) is 5.85. The van der Waals surface area contributed by atoms with Gasteiger partial charge in [-0.3, -0.25) is 10.0 Å². The molecule has 27 heavy (non-hydrogen) atoms. The van der Waals surface area contributed by atoms with Gasteiger partial charge in [-0.1, -0.05) is 44.2 Å². The molecule has 0 spiro atoms. The summed E-state index contributed by atoms with van der Waals surface area (Å²) in [6.07, 6.45) is 0. The van der Waals surface area contributed by atoms with Gasteiger partial charge in [-0.15, -0.1) is 0 Å². The van der Waals surface area contributed by atoms with E-state index in [1.807, 2.05) is 0 Å². The second kappa shape index (κ2) is 8.47. The Labute approximate surface area is 157 Å². The fraction of sp³-hybridized carbons (Fsp3) is 0.278. The molecule has 2 rings (SSSR count). The summed E-state index contributed by atoms with van der Waals surface area (Å²) in [6.45, 7) is 3.09. The van der Waals surface area contributed by atoms with Gasteiger partial charge in [0.15, 0.2) is 11.6 Å². The highest BCUT2D eigenvalue weighted by molar-refractivity contribution is 7.89. The fourth-order valence-electron chi connectivity index (χ4n) is 2.71. The average molecular weight is 396 g/mol. The maximum absolute atomic E-state index is 13.7. The molecule has 9 heteroatoms. The van der Waals surface area contributed by atoms with E-state index in [4.69, 9.17) is 5.21 Å². The van der Waals surface area contributed by atoms with Crippen molar-refractivity contribution in [1.29, 1.82) is 0 Å². The zero-order valence-corrected chi connectivity index (χ0v) is 15.6. The second-order valence-corrected chi connectivity index (χ2v) is 8.20. The summed E-state index contributed by atoms with van der Waals surface area (Å²) in [7, 11) is -4.33. The average Bonchev–Trinajstić information content (AvgIpc) is 2.63. The number of halogens is 1. The van der Waals surface area contributed by atoms with Crippen LogP contribution in [0.15, 0.2) is 53.4 Å². The van der Waals surface area contributed by atoms with Gasteiger partial charge in [-0.2, -0.15) is 4.31 Å². The van der Waals surface area contributed by atoms with Crippen LogP contribution in [-0.4, -0.2) is 35.0 Å². The molecule has 7 nitrogen and oxygen atoms in total. The van der Waals surface area contributed by atoms with Crippen LogP contribution in [0.5, 0.6) is 5.75 Å². The third-order valence-electron chi connectivity index (χ3n) is 4.03. The van der Waals surface area contributed by atoms with Crippen molar-refractivity contribution in [3.63, 3.8) is 0 Å². The summed E-state index contributed by atoms with van der Waals surface area (Å²) in [6, 6.07) is 10.0. The first kappa shape index (κ1) is 20.8. The molecule has 2 aromatic rings. The number of hydrogen-bond acceptors (Lipinski definition) is 5. The maximum atomic E-state index is 13.7. The molecule has 0 bridgehead atoms. The number of phenolic OH excluding ortho intramolecular Hbond substituents is 1. The molecule has 0 fully saturated rings. The van der Waals surface area contributed by atoms with E-state index >= 15 is 0 Å². The predicted octanol–water partition coefficient (Wildman–Crippen LogP) is 2.25. The molecule has 2 aromatic carbocycles. The minimum atomic E-state index is -4.33. The minimum Gasteiger partial charge on any atom is -0.505 e. The molecule has 0 saturated carbocycles. The van der Waals surface area contributed by atoms with Crippen LogP contribution in [0.2, 0.25) is 0 Å². The van der Waals surface area contributed by atoms with Crippen molar-refractivity contribution in [2.45, 2.75) is 31.3 Å². The lowest BCUT2D eigenvalue weighted by molar-refractivity contribution is -0.134. The number of hydrogen-bond donors (Lipinski definition) is 3. The molecule has 0 saturated heterocycles. The van der Waals surface area contributed by atoms with Crippen molar-refractivity contribution in [1.82, 2.24) is 9.79 Å². The van der Waals surface area contributed by atoms with Gasteiger partial charge in [-0.05, 0) is 29.7 Å². The molecule has 3 N–H and O–H groups in total. The van der Waals surface area contributed by atoms with E-state index in [2.05, 4.69) is 0 Å². The molecule has 0 heterocycles. The van der Waals surface area contributed by atoms with Gasteiger partial charge >= 0.3 is 0 Å². The van der Waals surface area contributed by atoms with Crippen molar-refractivity contribution in [2.75, 3.05) is 0 Å². The number of carbonyl (C=O) groups is 1. The molecular formula is C18H21FN2O5S. The van der Waals surface area contributed by atoms with Crippen LogP contribution in [0.4, 0.5) is 4.39 Å². The highest BCUT2D eigenvalue weighted by Crippen LogP contribution is 2.27. The topological polar surface area (TPSA) is 107 Å². The Hall–Kier alpha value is -2.49. The van der Waals surface area contributed by atoms with Gasteiger partial charge in [0.1, 0.15) is 6.04 Å². The lowest BCUT2D eigenvalue weighted by Crippen LogP contribution is -2.51. The Morgan fingerprint density at radius 3 is 2.33 bits per heavy atom. The Bertz CT molecular complexity index is 903. The summed E-state index contributed by atoms with van der Waals surface area (Å²) >= 11 is 0. The summed E-state index contributed by atoms with van der Waals surface area (Å²) in [5, 5.41) is 18.4. The first-order valence-electron chi connectivity index (χ1n) is 8.16. The molecule has 1 atom stereocenters. The molecule has 0 aliphatic heterocycles. The molecule has 0 aromatic heterocycles. The number of carbonyl (C=O) groups excluding carboxylic acids is 1. The quantitative estimate of drug-likeness (QED) is 0.492. The number of amides is 1. The van der Waals surface area contributed by atoms with Gasteiger partial charge in [-0.25, -0.2) is 18.3 Å². The Balaban J connectivity index is 2.58. The minimum absolute atomic E-state index is 0.165. The van der Waals surface area contributed by atoms with E-state index < -0.39 is 44.4 Å². The summed E-state index contributed by atoms with van der Waals surface area (Å²) in [5.74, 6) is -3.16. The van der Waals surface area contributed by atoms with Crippen LogP contribution < -0.4 is 5.48 Å². The molecule has 1 amide bonds. The Kier molecular flexibility index (Phi) is 6.53. The largest absolute Gasteiger partial charge is 0.505 e. The van der Waals surface area contributed by atoms with E-state index in [0.717, 1.165) is 16.4 Å². The smallest absolute Gasteiger partial charge is 0.262 e. The number of benzene rings is 2. The first-order chi connectivity index (χ1) is 12.7. The van der Waals surface area contributed by atoms with Crippen molar-refractivity contribution in [3.05, 3.63) is 59.9 Å². The van der Waals surface area contributed by atoms with Crippen LogP contribution in [0, 0.1) is 11.7 Å². The summed E-state index contributed by atoms with van der Waals surface area (Å²) in [4.78, 5) is 11.8. The predicted molar refractivity (Wildman–Crippen MR) is 95.8 cm³/mol. The van der Waals surface area contributed by atoms with E-state index in [1.165, 1.54) is 5.48 Å². The fourth-order valence-corrected chi connectivity index (χ4v) is 4.43. The highest BCUT2D eigenvalue weighted by Gasteiger charge is 2.38. The third kappa shape index (κ3) is 4.62. The highest BCUT2D eigenvalue weighted by atomic mass is 32.2. The number of sulfonamides is 1. The van der Waals surface area contributed by atoms with Gasteiger partial charge < -0.3 is 5.11 Å². The molecule has 0 aliphatic rings. The van der Waals surface area contributed by atoms with Crippen LogP contribution >= 0.6 is 0 Å². The SMILES string of the molecule is CC(C)[C@@H](C(=O)NO)N(Cc1ccccc1)S(=O)(=O)c1ccc(O)c(F)c1. The zero-order chi connectivity index (χ0) is 20.2. The molecule has 0 radical (unpaired) electrons. The van der Waals surface area contributed by atoms with Gasteiger partial charge in [0.25, 0.3) is 5.91 Å². The number of phenols is 1. The number of hydroxylamine groups is 1. The normalized spacial score (nSPS) is 13.0. The van der Waals surface area contributed by atoms with Crippen molar-refractivity contribution in [2.24, 2.45) is 5.92 Å². The van der Waals surface area contributed by atoms with Crippen molar-refractivity contribution < 1.29 is 27.9 Å².